The fourth-order valence-electron chi connectivity index (χ4n) is 3.67. The zero-order chi connectivity index (χ0) is 13.7. The highest BCUT2D eigenvalue weighted by molar-refractivity contribution is 5.85. The summed E-state index contributed by atoms with van der Waals surface area (Å²) < 4.78 is 5.11. The highest BCUT2D eigenvalue weighted by Crippen LogP contribution is 2.33. The molecular weight excluding hydrogens is 290 g/mol. The number of carbonyl (C=O) groups is 1. The van der Waals surface area contributed by atoms with E-state index in [0.29, 0.717) is 19.1 Å². The van der Waals surface area contributed by atoms with E-state index in [1.165, 1.54) is 24.1 Å². The highest BCUT2D eigenvalue weighted by atomic mass is 35.5. The lowest BCUT2D eigenvalue weighted by molar-refractivity contribution is -0.140. The number of cyclic esters (lactones) is 1. The molecule has 21 heavy (non-hydrogen) atoms. The van der Waals surface area contributed by atoms with Gasteiger partial charge in [0.1, 0.15) is 0 Å². The van der Waals surface area contributed by atoms with Crippen LogP contribution >= 0.6 is 12.4 Å². The third-order valence-electron chi connectivity index (χ3n) is 4.84. The zero-order valence-electron chi connectivity index (χ0n) is 12.2. The molecule has 2 atom stereocenters. The molecule has 2 saturated heterocycles. The molecule has 1 aromatic heterocycles. The number of halogens is 1. The van der Waals surface area contributed by atoms with Crippen molar-refractivity contribution in [2.24, 2.45) is 11.8 Å². The lowest BCUT2D eigenvalue weighted by Gasteiger charge is -2.22. The van der Waals surface area contributed by atoms with Crippen molar-refractivity contribution in [3.63, 3.8) is 0 Å². The summed E-state index contributed by atoms with van der Waals surface area (Å²) in [7, 11) is 0. The van der Waals surface area contributed by atoms with E-state index in [1.807, 2.05) is 0 Å². The van der Waals surface area contributed by atoms with Crippen molar-refractivity contribution in [2.45, 2.75) is 32.6 Å². The first-order valence-electron chi connectivity index (χ1n) is 7.50. The van der Waals surface area contributed by atoms with Gasteiger partial charge in [-0.1, -0.05) is 0 Å². The number of ether oxygens (including phenoxy) is 1. The molecule has 0 radical (unpaired) electrons. The van der Waals surface area contributed by atoms with Gasteiger partial charge in [-0.15, -0.1) is 12.4 Å². The molecule has 3 heterocycles. The van der Waals surface area contributed by atoms with Crippen molar-refractivity contribution >= 4 is 24.3 Å². The molecule has 6 heteroatoms. The Hall–Kier alpha value is -1.36. The van der Waals surface area contributed by atoms with Crippen molar-refractivity contribution in [1.82, 2.24) is 9.97 Å². The lowest BCUT2D eigenvalue weighted by atomic mass is 9.95. The van der Waals surface area contributed by atoms with Crippen LogP contribution in [-0.4, -0.2) is 35.6 Å². The largest absolute Gasteiger partial charge is 0.465 e. The second-order valence-corrected chi connectivity index (χ2v) is 6.14. The summed E-state index contributed by atoms with van der Waals surface area (Å²) in [5.41, 5.74) is 3.68. The summed E-state index contributed by atoms with van der Waals surface area (Å²) in [6, 6.07) is 0. The summed E-state index contributed by atoms with van der Waals surface area (Å²) in [5, 5.41) is 0. The average molecular weight is 310 g/mol. The van der Waals surface area contributed by atoms with Crippen LogP contribution in [0.25, 0.3) is 0 Å². The van der Waals surface area contributed by atoms with E-state index < -0.39 is 0 Å². The Labute approximate surface area is 130 Å². The summed E-state index contributed by atoms with van der Waals surface area (Å²) in [6.07, 6.45) is 4.64. The average Bonchev–Trinajstić information content (AvgIpc) is 3.02. The van der Waals surface area contributed by atoms with Crippen LogP contribution in [0.15, 0.2) is 0 Å². The fourth-order valence-corrected chi connectivity index (χ4v) is 3.67. The third kappa shape index (κ3) is 2.37. The van der Waals surface area contributed by atoms with E-state index in [9.17, 15) is 4.79 Å². The molecule has 3 aliphatic rings. The number of hydrogen-bond donors (Lipinski definition) is 0. The Bertz CT molecular complexity index is 578. The SMILES string of the molecule is Cc1nc(N2C[C@@H]3COC(=O)[C@@H]3C2)nc2c1CCCC2.Cl. The fraction of sp³-hybridized carbons (Fsp3) is 0.667. The van der Waals surface area contributed by atoms with Crippen LogP contribution in [-0.2, 0) is 22.4 Å². The van der Waals surface area contributed by atoms with Crippen LogP contribution in [0.4, 0.5) is 5.95 Å². The van der Waals surface area contributed by atoms with E-state index in [-0.39, 0.29) is 24.3 Å². The van der Waals surface area contributed by atoms with Gasteiger partial charge in [0.25, 0.3) is 0 Å². The number of fused-ring (bicyclic) bond motifs is 2. The first-order valence-corrected chi connectivity index (χ1v) is 7.50. The first kappa shape index (κ1) is 14.6. The van der Waals surface area contributed by atoms with Gasteiger partial charge >= 0.3 is 5.97 Å². The van der Waals surface area contributed by atoms with Crippen LogP contribution in [0, 0.1) is 18.8 Å². The Morgan fingerprint density at radius 1 is 1.19 bits per heavy atom. The summed E-state index contributed by atoms with van der Waals surface area (Å²) in [6.45, 7) is 4.20. The molecule has 0 N–H and O–H groups in total. The number of anilines is 1. The summed E-state index contributed by atoms with van der Waals surface area (Å²) in [4.78, 5) is 23.3. The molecule has 1 aromatic rings. The topological polar surface area (TPSA) is 55.3 Å². The first-order chi connectivity index (χ1) is 9.72. The van der Waals surface area contributed by atoms with E-state index in [1.54, 1.807) is 0 Å². The maximum Gasteiger partial charge on any atom is 0.311 e. The van der Waals surface area contributed by atoms with Crippen molar-refractivity contribution in [1.29, 1.82) is 0 Å². The number of carbonyl (C=O) groups excluding carboxylic acids is 1. The van der Waals surface area contributed by atoms with Gasteiger partial charge in [0.05, 0.1) is 12.5 Å². The maximum atomic E-state index is 11.6. The van der Waals surface area contributed by atoms with Gasteiger partial charge in [-0.05, 0) is 38.2 Å². The summed E-state index contributed by atoms with van der Waals surface area (Å²) >= 11 is 0. The Kier molecular flexibility index (Phi) is 3.78. The molecule has 4 rings (SSSR count). The van der Waals surface area contributed by atoms with E-state index in [4.69, 9.17) is 9.72 Å². The molecule has 0 spiro atoms. The minimum Gasteiger partial charge on any atom is -0.465 e. The van der Waals surface area contributed by atoms with E-state index >= 15 is 0 Å². The standard InChI is InChI=1S/C15H19N3O2.ClH/c1-9-11-4-2-3-5-13(11)17-15(16-9)18-6-10-8-20-14(19)12(10)7-18;/h10,12H,2-8H2,1H3;1H/t10-,12-;/m1./s1. The van der Waals surface area contributed by atoms with Gasteiger partial charge in [0.2, 0.25) is 5.95 Å². The number of esters is 1. The molecule has 0 unspecified atom stereocenters. The smallest absolute Gasteiger partial charge is 0.311 e. The minimum atomic E-state index is -0.0489. The van der Waals surface area contributed by atoms with Gasteiger partial charge in [-0.3, -0.25) is 4.79 Å². The number of aromatic nitrogens is 2. The molecule has 0 bridgehead atoms. The Morgan fingerprint density at radius 3 is 2.81 bits per heavy atom. The normalized spacial score (nSPS) is 26.9. The predicted octanol–water partition coefficient (Wildman–Crippen LogP) is 1.69. The van der Waals surface area contributed by atoms with Crippen molar-refractivity contribution < 1.29 is 9.53 Å². The number of hydrogen-bond acceptors (Lipinski definition) is 5. The molecule has 5 nitrogen and oxygen atoms in total. The van der Waals surface area contributed by atoms with Crippen LogP contribution in [0.3, 0.4) is 0 Å². The zero-order valence-corrected chi connectivity index (χ0v) is 13.0. The molecular formula is C15H20ClN3O2. The molecule has 1 aliphatic carbocycles. The molecule has 0 amide bonds. The highest BCUT2D eigenvalue weighted by Gasteiger charge is 2.44. The number of rotatable bonds is 1. The van der Waals surface area contributed by atoms with Gasteiger partial charge in [0.15, 0.2) is 0 Å². The third-order valence-corrected chi connectivity index (χ3v) is 4.84. The van der Waals surface area contributed by atoms with Crippen LogP contribution < -0.4 is 4.90 Å². The second-order valence-electron chi connectivity index (χ2n) is 6.14. The van der Waals surface area contributed by atoms with Gasteiger partial charge in [-0.25, -0.2) is 9.97 Å². The van der Waals surface area contributed by atoms with E-state index in [0.717, 1.165) is 31.0 Å². The van der Waals surface area contributed by atoms with Gasteiger partial charge in [0, 0.05) is 30.4 Å². The van der Waals surface area contributed by atoms with E-state index in [2.05, 4.69) is 16.8 Å². The van der Waals surface area contributed by atoms with Crippen LogP contribution in [0.5, 0.6) is 0 Å². The minimum absolute atomic E-state index is 0. The predicted molar refractivity (Wildman–Crippen MR) is 80.8 cm³/mol. The monoisotopic (exact) mass is 309 g/mol. The molecule has 2 fully saturated rings. The lowest BCUT2D eigenvalue weighted by Crippen LogP contribution is -2.27. The molecule has 0 saturated carbocycles. The van der Waals surface area contributed by atoms with Gasteiger partial charge in [-0.2, -0.15) is 0 Å². The maximum absolute atomic E-state index is 11.6. The molecule has 2 aliphatic heterocycles. The van der Waals surface area contributed by atoms with Crippen molar-refractivity contribution in [3.8, 4) is 0 Å². The van der Waals surface area contributed by atoms with Gasteiger partial charge < -0.3 is 9.64 Å². The van der Waals surface area contributed by atoms with Crippen LogP contribution in [0.2, 0.25) is 0 Å². The Morgan fingerprint density at radius 2 is 2.00 bits per heavy atom. The second kappa shape index (κ2) is 5.44. The summed E-state index contributed by atoms with van der Waals surface area (Å²) in [5.74, 6) is 1.11. The van der Waals surface area contributed by atoms with Crippen molar-refractivity contribution in [2.75, 3.05) is 24.6 Å². The number of nitrogens with zero attached hydrogens (tertiary/aromatic N) is 3. The molecule has 114 valence electrons. The molecule has 0 aromatic carbocycles. The quantitative estimate of drug-likeness (QED) is 0.739. The Balaban J connectivity index is 0.00000132. The van der Waals surface area contributed by atoms with Crippen LogP contribution in [0.1, 0.15) is 29.8 Å². The van der Waals surface area contributed by atoms with Crippen molar-refractivity contribution in [3.05, 3.63) is 17.0 Å². The number of aryl methyl sites for hydroxylation is 2.